The van der Waals surface area contributed by atoms with E-state index in [0.717, 1.165) is 16.8 Å². The summed E-state index contributed by atoms with van der Waals surface area (Å²) in [7, 11) is 0. The van der Waals surface area contributed by atoms with Gasteiger partial charge in [-0.05, 0) is 17.7 Å². The highest BCUT2D eigenvalue weighted by molar-refractivity contribution is 6.19. The summed E-state index contributed by atoms with van der Waals surface area (Å²) in [6.45, 7) is 0. The molecule has 0 aliphatic carbocycles. The van der Waals surface area contributed by atoms with E-state index < -0.39 is 0 Å². The van der Waals surface area contributed by atoms with Crippen molar-refractivity contribution in [1.82, 2.24) is 10.4 Å². The fourth-order valence-corrected chi connectivity index (χ4v) is 2.07. The Morgan fingerprint density at radius 1 is 1.06 bits per heavy atom. The van der Waals surface area contributed by atoms with Crippen molar-refractivity contribution in [2.45, 2.75) is 5.92 Å². The van der Waals surface area contributed by atoms with Crippen molar-refractivity contribution in [2.75, 3.05) is 0 Å². The van der Waals surface area contributed by atoms with Crippen LogP contribution < -0.4 is 5.43 Å². The molecular weight excluding hydrogens is 226 g/mol. The number of rotatable bonds is 2. The summed E-state index contributed by atoms with van der Waals surface area (Å²) in [4.78, 5) is 16.0. The number of benzene rings is 1. The third kappa shape index (κ3) is 1.78. The molecule has 1 aromatic heterocycles. The number of nitrogens with zero attached hydrogens (tertiary/aromatic N) is 2. The number of hydrogen-bond acceptors (Lipinski definition) is 3. The Morgan fingerprint density at radius 2 is 1.89 bits per heavy atom. The number of hydrazone groups is 1. The fraction of sp³-hybridized carbons (Fsp3) is 0.0714. The SMILES string of the molecule is O=C1NN=C(c2cccnc2)C1c1ccccc1. The van der Waals surface area contributed by atoms with E-state index in [1.807, 2.05) is 42.5 Å². The number of pyridine rings is 1. The van der Waals surface area contributed by atoms with Crippen LogP contribution in [0.25, 0.3) is 0 Å². The Balaban J connectivity index is 2.03. The molecule has 2 aromatic rings. The molecule has 18 heavy (non-hydrogen) atoms. The second-order valence-electron chi connectivity index (χ2n) is 4.06. The van der Waals surface area contributed by atoms with Gasteiger partial charge < -0.3 is 0 Å². The van der Waals surface area contributed by atoms with Crippen LogP contribution in [0.2, 0.25) is 0 Å². The fourth-order valence-electron chi connectivity index (χ4n) is 2.07. The molecule has 1 aliphatic heterocycles. The average Bonchev–Trinajstić information content (AvgIpc) is 2.83. The van der Waals surface area contributed by atoms with Gasteiger partial charge in [-0.2, -0.15) is 5.10 Å². The smallest absolute Gasteiger partial charge is 0.253 e. The number of carbonyl (C=O) groups excluding carboxylic acids is 1. The molecule has 3 rings (SSSR count). The Hall–Kier alpha value is -2.49. The lowest BCUT2D eigenvalue weighted by Crippen LogP contribution is -2.21. The Labute approximate surface area is 104 Å². The molecule has 2 heterocycles. The molecule has 88 valence electrons. The van der Waals surface area contributed by atoms with Gasteiger partial charge in [-0.3, -0.25) is 9.78 Å². The highest BCUT2D eigenvalue weighted by Gasteiger charge is 2.32. The van der Waals surface area contributed by atoms with E-state index in [9.17, 15) is 4.79 Å². The summed E-state index contributed by atoms with van der Waals surface area (Å²) in [6.07, 6.45) is 3.42. The maximum Gasteiger partial charge on any atom is 0.253 e. The van der Waals surface area contributed by atoms with Crippen LogP contribution in [0, 0.1) is 0 Å². The number of carbonyl (C=O) groups is 1. The minimum absolute atomic E-state index is 0.0972. The molecule has 0 fully saturated rings. The normalized spacial score (nSPS) is 18.3. The summed E-state index contributed by atoms with van der Waals surface area (Å²) in [5.41, 5.74) is 5.06. The molecule has 4 heteroatoms. The van der Waals surface area contributed by atoms with E-state index in [-0.39, 0.29) is 11.8 Å². The van der Waals surface area contributed by atoms with Gasteiger partial charge in [0.05, 0.1) is 5.71 Å². The second kappa shape index (κ2) is 4.41. The highest BCUT2D eigenvalue weighted by atomic mass is 16.2. The molecule has 1 atom stereocenters. The van der Waals surface area contributed by atoms with Crippen molar-refractivity contribution in [3.63, 3.8) is 0 Å². The lowest BCUT2D eigenvalue weighted by molar-refractivity contribution is -0.120. The molecule has 1 N–H and O–H groups in total. The molecule has 0 radical (unpaired) electrons. The van der Waals surface area contributed by atoms with Crippen LogP contribution >= 0.6 is 0 Å². The number of amides is 1. The average molecular weight is 237 g/mol. The maximum atomic E-state index is 11.9. The van der Waals surface area contributed by atoms with E-state index in [0.29, 0.717) is 0 Å². The van der Waals surface area contributed by atoms with Crippen molar-refractivity contribution >= 4 is 11.6 Å². The molecule has 1 aromatic carbocycles. The molecule has 0 saturated heterocycles. The highest BCUT2D eigenvalue weighted by Crippen LogP contribution is 2.24. The van der Waals surface area contributed by atoms with E-state index in [4.69, 9.17) is 0 Å². The lowest BCUT2D eigenvalue weighted by Gasteiger charge is -2.10. The first-order valence-electron chi connectivity index (χ1n) is 5.69. The van der Waals surface area contributed by atoms with E-state index in [1.165, 1.54) is 0 Å². The zero-order valence-electron chi connectivity index (χ0n) is 9.58. The largest absolute Gasteiger partial charge is 0.272 e. The van der Waals surface area contributed by atoms with Crippen molar-refractivity contribution in [1.29, 1.82) is 0 Å². The molecular formula is C14H11N3O. The zero-order chi connectivity index (χ0) is 12.4. The predicted molar refractivity (Wildman–Crippen MR) is 68.1 cm³/mol. The minimum atomic E-state index is -0.351. The van der Waals surface area contributed by atoms with Crippen molar-refractivity contribution in [3.8, 4) is 0 Å². The molecule has 0 spiro atoms. The Bertz CT molecular complexity index is 593. The van der Waals surface area contributed by atoms with Crippen LogP contribution in [0.4, 0.5) is 0 Å². The molecule has 1 unspecified atom stereocenters. The maximum absolute atomic E-state index is 11.9. The van der Waals surface area contributed by atoms with Gasteiger partial charge in [-0.1, -0.05) is 30.3 Å². The molecule has 0 saturated carbocycles. The standard InChI is InChI=1S/C14H11N3O/c18-14-12(10-5-2-1-3-6-10)13(16-17-14)11-7-4-8-15-9-11/h1-9,12H,(H,17,18). The number of hydrogen-bond donors (Lipinski definition) is 1. The van der Waals surface area contributed by atoms with E-state index >= 15 is 0 Å². The quantitative estimate of drug-likeness (QED) is 0.864. The van der Waals surface area contributed by atoms with Gasteiger partial charge in [0.25, 0.3) is 5.91 Å². The van der Waals surface area contributed by atoms with E-state index in [2.05, 4.69) is 15.5 Å². The monoisotopic (exact) mass is 237 g/mol. The summed E-state index contributed by atoms with van der Waals surface area (Å²) in [6, 6.07) is 13.4. The van der Waals surface area contributed by atoms with Gasteiger partial charge in [-0.25, -0.2) is 5.43 Å². The van der Waals surface area contributed by atoms with Crippen LogP contribution in [0.1, 0.15) is 17.0 Å². The van der Waals surface area contributed by atoms with Crippen LogP contribution in [0.3, 0.4) is 0 Å². The van der Waals surface area contributed by atoms with Crippen molar-refractivity contribution < 1.29 is 4.79 Å². The topological polar surface area (TPSA) is 54.4 Å². The Morgan fingerprint density at radius 3 is 2.61 bits per heavy atom. The van der Waals surface area contributed by atoms with Crippen LogP contribution in [-0.2, 0) is 4.79 Å². The van der Waals surface area contributed by atoms with Crippen LogP contribution in [0.15, 0.2) is 60.0 Å². The third-order valence-electron chi connectivity index (χ3n) is 2.91. The molecule has 1 aliphatic rings. The minimum Gasteiger partial charge on any atom is -0.272 e. The summed E-state index contributed by atoms with van der Waals surface area (Å²) in [5.74, 6) is -0.449. The predicted octanol–water partition coefficient (Wildman–Crippen LogP) is 1.70. The third-order valence-corrected chi connectivity index (χ3v) is 2.91. The summed E-state index contributed by atoms with van der Waals surface area (Å²) in [5, 5.41) is 4.12. The zero-order valence-corrected chi connectivity index (χ0v) is 9.58. The van der Waals surface area contributed by atoms with Gasteiger partial charge >= 0.3 is 0 Å². The summed E-state index contributed by atoms with van der Waals surface area (Å²) < 4.78 is 0. The second-order valence-corrected chi connectivity index (χ2v) is 4.06. The van der Waals surface area contributed by atoms with Crippen LogP contribution in [-0.4, -0.2) is 16.6 Å². The van der Waals surface area contributed by atoms with Crippen LogP contribution in [0.5, 0.6) is 0 Å². The first-order valence-corrected chi connectivity index (χ1v) is 5.69. The Kier molecular flexibility index (Phi) is 2.61. The number of nitrogens with one attached hydrogen (secondary N) is 1. The molecule has 0 bridgehead atoms. The summed E-state index contributed by atoms with van der Waals surface area (Å²) >= 11 is 0. The van der Waals surface area contributed by atoms with Crippen molar-refractivity contribution in [2.24, 2.45) is 5.10 Å². The number of aromatic nitrogens is 1. The van der Waals surface area contributed by atoms with E-state index in [1.54, 1.807) is 12.4 Å². The lowest BCUT2D eigenvalue weighted by atomic mass is 9.91. The first kappa shape index (κ1) is 10.7. The van der Waals surface area contributed by atoms with Gasteiger partial charge in [0.1, 0.15) is 5.92 Å². The molecule has 1 amide bonds. The first-order chi connectivity index (χ1) is 8.86. The molecule has 4 nitrogen and oxygen atoms in total. The van der Waals surface area contributed by atoms with Gasteiger partial charge in [0, 0.05) is 18.0 Å². The van der Waals surface area contributed by atoms with Crippen molar-refractivity contribution in [3.05, 3.63) is 66.0 Å². The van der Waals surface area contributed by atoms with Gasteiger partial charge in [0.15, 0.2) is 0 Å². The van der Waals surface area contributed by atoms with Gasteiger partial charge in [-0.15, -0.1) is 0 Å². The van der Waals surface area contributed by atoms with Gasteiger partial charge in [0.2, 0.25) is 0 Å².